The molecule has 1 amide bonds. The number of hydrogen-bond acceptors (Lipinski definition) is 4. The van der Waals surface area contributed by atoms with E-state index < -0.39 is 0 Å². The lowest BCUT2D eigenvalue weighted by Gasteiger charge is -2.31. The first-order chi connectivity index (χ1) is 11.4. The summed E-state index contributed by atoms with van der Waals surface area (Å²) >= 11 is 0. The van der Waals surface area contributed by atoms with Gasteiger partial charge in [0.25, 0.3) is 5.91 Å². The molecule has 1 unspecified atom stereocenters. The zero-order valence-corrected chi connectivity index (χ0v) is 15.1. The number of aromatic nitrogens is 3. The van der Waals surface area contributed by atoms with Gasteiger partial charge >= 0.3 is 0 Å². The highest BCUT2D eigenvalue weighted by atomic mass is 16.5. The molecule has 130 valence electrons. The van der Waals surface area contributed by atoms with E-state index in [0.717, 1.165) is 16.7 Å². The maximum absolute atomic E-state index is 13.1. The van der Waals surface area contributed by atoms with Crippen molar-refractivity contribution in [3.63, 3.8) is 0 Å². The van der Waals surface area contributed by atoms with Crippen molar-refractivity contribution in [3.8, 4) is 0 Å². The molecule has 0 bridgehead atoms. The Bertz CT molecular complexity index is 751. The second-order valence-electron chi connectivity index (χ2n) is 7.10. The summed E-state index contributed by atoms with van der Waals surface area (Å²) in [4.78, 5) is 19.8. The SMILES string of the molecule is CC1CN(C(=O)c2cc(C(C)C)nc3c2cnn3C(C)C)CCO1. The number of amides is 1. The van der Waals surface area contributed by atoms with Crippen molar-refractivity contribution in [1.29, 1.82) is 0 Å². The van der Waals surface area contributed by atoms with Gasteiger partial charge < -0.3 is 9.64 Å². The fraction of sp³-hybridized carbons (Fsp3) is 0.611. The molecule has 24 heavy (non-hydrogen) atoms. The molecule has 1 fully saturated rings. The molecule has 1 saturated heterocycles. The number of fused-ring (bicyclic) bond motifs is 1. The third-order valence-corrected chi connectivity index (χ3v) is 4.43. The number of ether oxygens (including phenoxy) is 1. The maximum Gasteiger partial charge on any atom is 0.254 e. The lowest BCUT2D eigenvalue weighted by atomic mass is 10.0. The lowest BCUT2D eigenvalue weighted by Crippen LogP contribution is -2.44. The van der Waals surface area contributed by atoms with Gasteiger partial charge in [-0.1, -0.05) is 13.8 Å². The molecular weight excluding hydrogens is 304 g/mol. The first-order valence-corrected chi connectivity index (χ1v) is 8.67. The van der Waals surface area contributed by atoms with Crippen LogP contribution in [0.15, 0.2) is 12.3 Å². The van der Waals surface area contributed by atoms with Gasteiger partial charge in [0.2, 0.25) is 0 Å². The minimum Gasteiger partial charge on any atom is -0.375 e. The summed E-state index contributed by atoms with van der Waals surface area (Å²) in [5.41, 5.74) is 2.42. The summed E-state index contributed by atoms with van der Waals surface area (Å²) < 4.78 is 7.45. The third kappa shape index (κ3) is 3.02. The Morgan fingerprint density at radius 2 is 2.08 bits per heavy atom. The van der Waals surface area contributed by atoms with E-state index in [1.54, 1.807) is 6.20 Å². The zero-order chi connectivity index (χ0) is 17.4. The van der Waals surface area contributed by atoms with E-state index in [9.17, 15) is 4.79 Å². The topological polar surface area (TPSA) is 60.2 Å². The fourth-order valence-corrected chi connectivity index (χ4v) is 3.06. The van der Waals surface area contributed by atoms with Gasteiger partial charge in [0, 0.05) is 24.8 Å². The molecule has 0 aromatic carbocycles. The molecule has 0 saturated carbocycles. The Balaban J connectivity index is 2.10. The fourth-order valence-electron chi connectivity index (χ4n) is 3.06. The van der Waals surface area contributed by atoms with E-state index in [1.807, 2.05) is 22.6 Å². The number of rotatable bonds is 3. The van der Waals surface area contributed by atoms with Gasteiger partial charge in [-0.2, -0.15) is 5.10 Å². The lowest BCUT2D eigenvalue weighted by molar-refractivity contribution is -0.0123. The highest BCUT2D eigenvalue weighted by Crippen LogP contribution is 2.25. The molecule has 2 aromatic rings. The number of carbonyl (C=O) groups excluding carboxylic acids is 1. The average molecular weight is 330 g/mol. The summed E-state index contributed by atoms with van der Waals surface area (Å²) in [5, 5.41) is 5.29. The second kappa shape index (κ2) is 6.51. The highest BCUT2D eigenvalue weighted by Gasteiger charge is 2.26. The van der Waals surface area contributed by atoms with Crippen LogP contribution in [0.2, 0.25) is 0 Å². The van der Waals surface area contributed by atoms with Crippen LogP contribution in [-0.4, -0.2) is 51.4 Å². The summed E-state index contributed by atoms with van der Waals surface area (Å²) in [6.45, 7) is 12.2. The predicted octanol–water partition coefficient (Wildman–Crippen LogP) is 3.00. The molecule has 2 aromatic heterocycles. The van der Waals surface area contributed by atoms with E-state index in [1.165, 1.54) is 0 Å². The third-order valence-electron chi connectivity index (χ3n) is 4.43. The Morgan fingerprint density at radius 1 is 1.33 bits per heavy atom. The van der Waals surface area contributed by atoms with E-state index in [2.05, 4.69) is 32.8 Å². The normalized spacial score (nSPS) is 18.8. The standard InChI is InChI=1S/C18H26N4O2/c1-11(2)16-8-14(18(23)21-6-7-24-13(5)10-21)15-9-19-22(12(3)4)17(15)20-16/h8-9,11-13H,6-7,10H2,1-5H3. The monoisotopic (exact) mass is 330 g/mol. The summed E-state index contributed by atoms with van der Waals surface area (Å²) in [7, 11) is 0. The molecule has 6 heteroatoms. The van der Waals surface area contributed by atoms with E-state index in [-0.39, 0.29) is 24.0 Å². The van der Waals surface area contributed by atoms with Crippen LogP contribution in [-0.2, 0) is 4.74 Å². The van der Waals surface area contributed by atoms with Crippen molar-refractivity contribution in [2.45, 2.75) is 52.7 Å². The van der Waals surface area contributed by atoms with E-state index in [4.69, 9.17) is 9.72 Å². The van der Waals surface area contributed by atoms with Crippen molar-refractivity contribution in [1.82, 2.24) is 19.7 Å². The first kappa shape index (κ1) is 16.9. The number of pyridine rings is 1. The van der Waals surface area contributed by atoms with Crippen LogP contribution < -0.4 is 0 Å². The van der Waals surface area contributed by atoms with Gasteiger partial charge in [0.1, 0.15) is 0 Å². The van der Waals surface area contributed by atoms with Crippen LogP contribution in [0, 0.1) is 0 Å². The van der Waals surface area contributed by atoms with Gasteiger partial charge in [-0.3, -0.25) is 4.79 Å². The minimum absolute atomic E-state index is 0.0442. The van der Waals surface area contributed by atoms with Crippen molar-refractivity contribution in [3.05, 3.63) is 23.5 Å². The molecular formula is C18H26N4O2. The van der Waals surface area contributed by atoms with E-state index in [0.29, 0.717) is 25.3 Å². The van der Waals surface area contributed by atoms with Crippen molar-refractivity contribution in [2.75, 3.05) is 19.7 Å². The molecule has 3 heterocycles. The summed E-state index contributed by atoms with van der Waals surface area (Å²) in [6, 6.07) is 2.13. The van der Waals surface area contributed by atoms with Crippen molar-refractivity contribution >= 4 is 16.9 Å². The molecule has 6 nitrogen and oxygen atoms in total. The molecule has 0 spiro atoms. The predicted molar refractivity (Wildman–Crippen MR) is 93.3 cm³/mol. The number of hydrogen-bond donors (Lipinski definition) is 0. The van der Waals surface area contributed by atoms with Crippen LogP contribution in [0.4, 0.5) is 0 Å². The number of morpholine rings is 1. The van der Waals surface area contributed by atoms with Gasteiger partial charge in [-0.05, 0) is 32.8 Å². The quantitative estimate of drug-likeness (QED) is 0.868. The first-order valence-electron chi connectivity index (χ1n) is 8.67. The van der Waals surface area contributed by atoms with Crippen LogP contribution >= 0.6 is 0 Å². The summed E-state index contributed by atoms with van der Waals surface area (Å²) in [5.74, 6) is 0.294. The Morgan fingerprint density at radius 3 is 2.71 bits per heavy atom. The summed E-state index contributed by atoms with van der Waals surface area (Å²) in [6.07, 6.45) is 1.84. The molecule has 1 aliphatic heterocycles. The van der Waals surface area contributed by atoms with Crippen LogP contribution in [0.3, 0.4) is 0 Å². The Kier molecular flexibility index (Phi) is 4.58. The highest BCUT2D eigenvalue weighted by molar-refractivity contribution is 6.05. The number of carbonyl (C=O) groups is 1. The Hall–Kier alpha value is -1.95. The van der Waals surface area contributed by atoms with E-state index >= 15 is 0 Å². The molecule has 1 aliphatic rings. The second-order valence-corrected chi connectivity index (χ2v) is 7.10. The molecule has 0 aliphatic carbocycles. The molecule has 1 atom stereocenters. The largest absolute Gasteiger partial charge is 0.375 e. The maximum atomic E-state index is 13.1. The molecule has 3 rings (SSSR count). The van der Waals surface area contributed by atoms with Gasteiger partial charge in [0.15, 0.2) is 5.65 Å². The molecule has 0 N–H and O–H groups in total. The van der Waals surface area contributed by atoms with Gasteiger partial charge in [0.05, 0.1) is 29.9 Å². The minimum atomic E-state index is 0.0442. The smallest absolute Gasteiger partial charge is 0.254 e. The average Bonchev–Trinajstić information content (AvgIpc) is 2.97. The van der Waals surface area contributed by atoms with Gasteiger partial charge in [-0.15, -0.1) is 0 Å². The van der Waals surface area contributed by atoms with Crippen LogP contribution in [0.25, 0.3) is 11.0 Å². The van der Waals surface area contributed by atoms with Gasteiger partial charge in [-0.25, -0.2) is 9.67 Å². The van der Waals surface area contributed by atoms with Crippen LogP contribution in [0.5, 0.6) is 0 Å². The van der Waals surface area contributed by atoms with Crippen LogP contribution in [0.1, 0.15) is 62.6 Å². The Labute approximate surface area is 142 Å². The van der Waals surface area contributed by atoms with Crippen molar-refractivity contribution < 1.29 is 9.53 Å². The molecule has 0 radical (unpaired) electrons. The zero-order valence-electron chi connectivity index (χ0n) is 15.1. The van der Waals surface area contributed by atoms with Crippen molar-refractivity contribution in [2.24, 2.45) is 0 Å². The number of nitrogens with zero attached hydrogens (tertiary/aromatic N) is 4.